The van der Waals surface area contributed by atoms with Crippen LogP contribution in [0.2, 0.25) is 0 Å². The second kappa shape index (κ2) is 16.0. The molecule has 0 radical (unpaired) electrons. The predicted molar refractivity (Wildman–Crippen MR) is 99.4 cm³/mol. The number of carbonyl (C=O) groups is 1. The fourth-order valence-electron chi connectivity index (χ4n) is 2.63. The molecular weight excluding hydrogens is 315 g/mol. The van der Waals surface area contributed by atoms with Gasteiger partial charge in [0.05, 0.1) is 6.61 Å². The van der Waals surface area contributed by atoms with Gasteiger partial charge in [0.25, 0.3) is 5.95 Å². The summed E-state index contributed by atoms with van der Waals surface area (Å²) in [5, 5.41) is 8.73. The quantitative estimate of drug-likeness (QED) is 0.340. The molecule has 1 heterocycles. The third kappa shape index (κ3) is 12.0. The summed E-state index contributed by atoms with van der Waals surface area (Å²) in [4.78, 5) is 10.7. The maximum absolute atomic E-state index is 10.7. The van der Waals surface area contributed by atoms with Crippen LogP contribution in [0.4, 0.5) is 0 Å². The average molecular weight is 348 g/mol. The number of hydrogen-bond donors (Lipinski definition) is 1. The van der Waals surface area contributed by atoms with Gasteiger partial charge in [0, 0.05) is 6.07 Å². The molecule has 1 N–H and O–H groups in total. The molecule has 0 aliphatic heterocycles. The number of aromatic carboxylic acids is 1. The molecule has 0 fully saturated rings. The van der Waals surface area contributed by atoms with Gasteiger partial charge in [-0.05, 0) is 12.5 Å². The molecule has 0 aromatic carbocycles. The Morgan fingerprint density at radius 3 is 1.88 bits per heavy atom. The van der Waals surface area contributed by atoms with E-state index in [0.717, 1.165) is 12.8 Å². The fraction of sp³-hybridized carbons (Fsp3) is 0.737. The summed E-state index contributed by atoms with van der Waals surface area (Å²) in [5.41, 5.74) is 0. The molecule has 24 heavy (non-hydrogen) atoms. The van der Waals surface area contributed by atoms with E-state index in [2.05, 4.69) is 6.92 Å². The van der Waals surface area contributed by atoms with E-state index in [1.54, 1.807) is 6.07 Å². The van der Waals surface area contributed by atoms with Gasteiger partial charge in [-0.2, -0.15) is 0 Å². The molecular formula is C19H33NaO4. The predicted octanol–water partition coefficient (Wildman–Crippen LogP) is 5.41. The number of carboxylic acid groups (broad SMARTS) is 1. The number of unbranched alkanes of at least 4 members (excludes halogenated alkanes) is 11. The number of furan rings is 1. The van der Waals surface area contributed by atoms with Gasteiger partial charge in [-0.25, -0.2) is 4.79 Å². The van der Waals surface area contributed by atoms with Crippen molar-refractivity contribution in [1.82, 2.24) is 0 Å². The van der Waals surface area contributed by atoms with Crippen molar-refractivity contribution in [3.8, 4) is 5.95 Å². The van der Waals surface area contributed by atoms with Crippen LogP contribution in [0.15, 0.2) is 16.5 Å². The molecule has 0 bridgehead atoms. The summed E-state index contributed by atoms with van der Waals surface area (Å²) in [6, 6.07) is 2.98. The second-order valence-electron chi connectivity index (χ2n) is 6.16. The Balaban J connectivity index is 0.00000529. The van der Waals surface area contributed by atoms with E-state index in [9.17, 15) is 4.79 Å². The number of carboxylic acids is 1. The van der Waals surface area contributed by atoms with Crippen LogP contribution in [0.1, 0.15) is 94.5 Å². The first-order valence-corrected chi connectivity index (χ1v) is 9.20. The fourth-order valence-corrected chi connectivity index (χ4v) is 2.63. The molecule has 0 saturated heterocycles. The summed E-state index contributed by atoms with van der Waals surface area (Å²) < 4.78 is 10.4. The third-order valence-electron chi connectivity index (χ3n) is 4.03. The van der Waals surface area contributed by atoms with E-state index < -0.39 is 5.97 Å². The van der Waals surface area contributed by atoms with Gasteiger partial charge in [0.15, 0.2) is 0 Å². The van der Waals surface area contributed by atoms with Crippen LogP contribution in [-0.2, 0) is 0 Å². The Labute approximate surface area is 168 Å². The summed E-state index contributed by atoms with van der Waals surface area (Å²) in [6.45, 7) is 2.84. The van der Waals surface area contributed by atoms with Crippen LogP contribution in [0.3, 0.4) is 0 Å². The van der Waals surface area contributed by atoms with Crippen molar-refractivity contribution in [2.75, 3.05) is 6.61 Å². The molecule has 1 aromatic heterocycles. The van der Waals surface area contributed by atoms with E-state index in [1.807, 2.05) is 0 Å². The van der Waals surface area contributed by atoms with E-state index in [0.29, 0.717) is 12.6 Å². The Morgan fingerprint density at radius 2 is 1.42 bits per heavy atom. The zero-order valence-electron chi connectivity index (χ0n) is 14.5. The molecule has 5 heteroatoms. The summed E-state index contributed by atoms with van der Waals surface area (Å²) >= 11 is 0. The zero-order chi connectivity index (χ0) is 16.8. The molecule has 0 unspecified atom stereocenters. The van der Waals surface area contributed by atoms with Gasteiger partial charge >= 0.3 is 35.5 Å². The monoisotopic (exact) mass is 348 g/mol. The third-order valence-corrected chi connectivity index (χ3v) is 4.03. The summed E-state index contributed by atoms with van der Waals surface area (Å²) in [5.74, 6) is -0.842. The van der Waals surface area contributed by atoms with Crippen molar-refractivity contribution in [3.05, 3.63) is 17.9 Å². The Bertz CT molecular complexity index is 417. The van der Waals surface area contributed by atoms with Gasteiger partial charge in [0.2, 0.25) is 5.76 Å². The van der Waals surface area contributed by atoms with Crippen molar-refractivity contribution in [2.24, 2.45) is 0 Å². The van der Waals surface area contributed by atoms with E-state index in [-0.39, 0.29) is 35.3 Å². The molecule has 0 spiro atoms. The normalized spacial score (nSPS) is 10.4. The Hall–Kier alpha value is -0.450. The van der Waals surface area contributed by atoms with Crippen LogP contribution < -0.4 is 4.74 Å². The first kappa shape index (κ1) is 23.5. The van der Waals surface area contributed by atoms with Crippen molar-refractivity contribution in [3.63, 3.8) is 0 Å². The Kier molecular flexibility index (Phi) is 15.7. The standard InChI is InChI=1S/C19H32O4.Na.H/c1-2-3-4-5-6-7-8-9-10-11-12-13-16-22-18-15-14-17(23-18)19(20)21;;/h14-15H,2-13,16H2,1H3,(H,20,21);;. The first-order chi connectivity index (χ1) is 11.2. The van der Waals surface area contributed by atoms with E-state index in [1.165, 1.54) is 70.3 Å². The van der Waals surface area contributed by atoms with Crippen molar-refractivity contribution < 1.29 is 19.1 Å². The summed E-state index contributed by atoms with van der Waals surface area (Å²) in [7, 11) is 0. The van der Waals surface area contributed by atoms with Gasteiger partial charge < -0.3 is 14.3 Å². The van der Waals surface area contributed by atoms with Gasteiger partial charge in [-0.3, -0.25) is 0 Å². The number of hydrogen-bond acceptors (Lipinski definition) is 3. The van der Waals surface area contributed by atoms with Crippen molar-refractivity contribution in [2.45, 2.75) is 84.0 Å². The number of ether oxygens (including phenoxy) is 1. The molecule has 1 rings (SSSR count). The molecule has 0 aliphatic carbocycles. The van der Waals surface area contributed by atoms with Crippen LogP contribution in [0, 0.1) is 0 Å². The average Bonchev–Trinajstić information content (AvgIpc) is 3.01. The van der Waals surface area contributed by atoms with Crippen LogP contribution in [0.5, 0.6) is 5.95 Å². The van der Waals surface area contributed by atoms with Gasteiger partial charge in [-0.15, -0.1) is 0 Å². The topological polar surface area (TPSA) is 59.7 Å². The van der Waals surface area contributed by atoms with Gasteiger partial charge in [-0.1, -0.05) is 77.6 Å². The SMILES string of the molecule is CCCCCCCCCCCCCCOc1ccc(C(=O)O)o1.[NaH]. The number of rotatable bonds is 15. The minimum atomic E-state index is -1.06. The minimum absolute atomic E-state index is 0. The van der Waals surface area contributed by atoms with Crippen molar-refractivity contribution in [1.29, 1.82) is 0 Å². The van der Waals surface area contributed by atoms with Crippen LogP contribution >= 0.6 is 0 Å². The van der Waals surface area contributed by atoms with Crippen LogP contribution in [0.25, 0.3) is 0 Å². The van der Waals surface area contributed by atoms with Crippen molar-refractivity contribution >= 4 is 35.5 Å². The molecule has 4 nitrogen and oxygen atoms in total. The second-order valence-corrected chi connectivity index (χ2v) is 6.16. The zero-order valence-corrected chi connectivity index (χ0v) is 14.5. The first-order valence-electron chi connectivity index (χ1n) is 9.20. The molecule has 0 aliphatic rings. The molecule has 0 amide bonds. The van der Waals surface area contributed by atoms with Gasteiger partial charge in [0.1, 0.15) is 0 Å². The maximum atomic E-state index is 10.7. The molecule has 0 saturated carbocycles. The molecule has 134 valence electrons. The van der Waals surface area contributed by atoms with E-state index in [4.69, 9.17) is 14.3 Å². The van der Waals surface area contributed by atoms with E-state index >= 15 is 0 Å². The molecule has 1 aromatic rings. The van der Waals surface area contributed by atoms with Crippen LogP contribution in [-0.4, -0.2) is 47.2 Å². The summed E-state index contributed by atoms with van der Waals surface area (Å²) in [6.07, 6.45) is 15.7. The molecule has 0 atom stereocenters. The Morgan fingerprint density at radius 1 is 0.917 bits per heavy atom.